The average Bonchev–Trinajstić information content (AvgIpc) is 2.63. The molecule has 2 N–H and O–H groups in total. The van der Waals surface area contributed by atoms with Crippen LogP contribution in [0.5, 0.6) is 0 Å². The Hall–Kier alpha value is -2.68. The molecule has 1 aliphatic carbocycles. The fourth-order valence-electron chi connectivity index (χ4n) is 3.80. The molecule has 2 atom stereocenters. The minimum absolute atomic E-state index is 0.789. The normalized spacial score (nSPS) is 19.9. The van der Waals surface area contributed by atoms with E-state index >= 15 is 0 Å². The highest BCUT2D eigenvalue weighted by atomic mass is 16.3. The van der Waals surface area contributed by atoms with Gasteiger partial charge < -0.3 is 10.2 Å². The van der Waals surface area contributed by atoms with E-state index in [0.29, 0.717) is 0 Å². The first-order chi connectivity index (χ1) is 11.7. The van der Waals surface area contributed by atoms with E-state index in [9.17, 15) is 10.2 Å². The van der Waals surface area contributed by atoms with E-state index in [1.54, 1.807) is 6.08 Å². The minimum Gasteiger partial charge on any atom is -0.386 e. The maximum atomic E-state index is 10.2. The molecule has 0 aromatic heterocycles. The summed E-state index contributed by atoms with van der Waals surface area (Å²) in [6, 6.07) is 21.1. The summed E-state index contributed by atoms with van der Waals surface area (Å²) in [4.78, 5) is 0. The van der Waals surface area contributed by atoms with Gasteiger partial charge in [0.2, 0.25) is 0 Å². The molecule has 0 radical (unpaired) electrons. The van der Waals surface area contributed by atoms with Gasteiger partial charge in [-0.2, -0.15) is 0 Å². The Balaban J connectivity index is 1.89. The highest BCUT2D eigenvalue weighted by molar-refractivity contribution is 6.13. The van der Waals surface area contributed by atoms with E-state index in [1.807, 2.05) is 18.2 Å². The van der Waals surface area contributed by atoms with Gasteiger partial charge in [0.15, 0.2) is 0 Å². The zero-order chi connectivity index (χ0) is 16.3. The molecule has 0 saturated heterocycles. The van der Waals surface area contributed by atoms with Crippen molar-refractivity contribution in [2.75, 3.05) is 0 Å². The summed E-state index contributed by atoms with van der Waals surface area (Å²) in [6.45, 7) is 0. The summed E-state index contributed by atoms with van der Waals surface area (Å²) in [5.74, 6) is 0. The molecular weight excluding hydrogens is 296 g/mol. The van der Waals surface area contributed by atoms with Crippen molar-refractivity contribution < 1.29 is 10.2 Å². The third-order valence-corrected chi connectivity index (χ3v) is 5.06. The van der Waals surface area contributed by atoms with Crippen LogP contribution in [-0.4, -0.2) is 16.3 Å². The second-order valence-electron chi connectivity index (χ2n) is 6.44. The zero-order valence-electron chi connectivity index (χ0n) is 13.0. The molecule has 2 nitrogen and oxygen atoms in total. The molecule has 2 heteroatoms. The first-order valence-electron chi connectivity index (χ1n) is 8.15. The van der Waals surface area contributed by atoms with Crippen LogP contribution in [0.2, 0.25) is 0 Å². The summed E-state index contributed by atoms with van der Waals surface area (Å²) in [7, 11) is 0. The fraction of sp³-hybridized carbons (Fsp3) is 0.0909. The zero-order valence-corrected chi connectivity index (χ0v) is 13.0. The smallest absolute Gasteiger partial charge is 0.109 e. The molecule has 4 aromatic carbocycles. The molecule has 24 heavy (non-hydrogen) atoms. The molecule has 5 rings (SSSR count). The molecule has 1 aliphatic rings. The minimum atomic E-state index is -0.860. The van der Waals surface area contributed by atoms with E-state index < -0.39 is 12.2 Å². The van der Waals surface area contributed by atoms with Crippen LogP contribution in [0.25, 0.3) is 38.4 Å². The Morgan fingerprint density at radius 2 is 1.38 bits per heavy atom. The van der Waals surface area contributed by atoms with Gasteiger partial charge in [0, 0.05) is 0 Å². The molecular formula is C22H16O2. The Morgan fingerprint density at radius 3 is 2.29 bits per heavy atom. The SMILES string of the molecule is O[C@H]1C=Cc2c(ccc3cc4c(ccc5ccccc54)cc23)[C@@H]1O. The van der Waals surface area contributed by atoms with Crippen LogP contribution in [0.4, 0.5) is 0 Å². The molecule has 4 aromatic rings. The monoisotopic (exact) mass is 312 g/mol. The van der Waals surface area contributed by atoms with Gasteiger partial charge in [-0.1, -0.05) is 60.7 Å². The Bertz CT molecular complexity index is 1140. The van der Waals surface area contributed by atoms with E-state index in [2.05, 4.69) is 48.5 Å². The first kappa shape index (κ1) is 13.7. The lowest BCUT2D eigenvalue weighted by atomic mass is 9.87. The topological polar surface area (TPSA) is 40.5 Å². The van der Waals surface area contributed by atoms with Crippen LogP contribution < -0.4 is 0 Å². The molecule has 0 saturated carbocycles. The predicted octanol–water partition coefficient (Wildman–Crippen LogP) is 4.57. The van der Waals surface area contributed by atoms with E-state index in [1.165, 1.54) is 21.5 Å². The van der Waals surface area contributed by atoms with Gasteiger partial charge in [-0.25, -0.2) is 0 Å². The van der Waals surface area contributed by atoms with Gasteiger partial charge in [0.05, 0.1) is 0 Å². The molecule has 116 valence electrons. The Morgan fingerprint density at radius 1 is 0.667 bits per heavy atom. The Kier molecular flexibility index (Phi) is 2.81. The number of hydrogen-bond donors (Lipinski definition) is 2. The van der Waals surface area contributed by atoms with Crippen molar-refractivity contribution in [2.24, 2.45) is 0 Å². The summed E-state index contributed by atoms with van der Waals surface area (Å²) in [6.07, 6.45) is 1.89. The molecule has 0 unspecified atom stereocenters. The summed E-state index contributed by atoms with van der Waals surface area (Å²) >= 11 is 0. The van der Waals surface area contributed by atoms with Gasteiger partial charge >= 0.3 is 0 Å². The molecule has 0 aliphatic heterocycles. The number of rotatable bonds is 0. The van der Waals surface area contributed by atoms with Gasteiger partial charge in [-0.05, 0) is 55.6 Å². The van der Waals surface area contributed by atoms with Crippen LogP contribution in [-0.2, 0) is 0 Å². The lowest BCUT2D eigenvalue weighted by molar-refractivity contribution is 0.0471. The van der Waals surface area contributed by atoms with Crippen molar-refractivity contribution in [1.29, 1.82) is 0 Å². The van der Waals surface area contributed by atoms with Crippen molar-refractivity contribution >= 4 is 38.4 Å². The number of benzene rings is 4. The molecule has 0 heterocycles. The standard InChI is InChI=1S/C22H16O2/c23-21-10-9-17-18(22(21)24)8-7-15-11-19-14(12-20(15)17)6-5-13-3-1-2-4-16(13)19/h1-12,21-24H/t21-,22-/m0/s1. The third-order valence-electron chi connectivity index (χ3n) is 5.06. The first-order valence-corrected chi connectivity index (χ1v) is 8.15. The van der Waals surface area contributed by atoms with Crippen molar-refractivity contribution in [3.05, 3.63) is 77.9 Å². The number of hydrogen-bond acceptors (Lipinski definition) is 2. The molecule has 0 spiro atoms. The highest BCUT2D eigenvalue weighted by Crippen LogP contribution is 2.36. The van der Waals surface area contributed by atoms with Crippen molar-refractivity contribution in [1.82, 2.24) is 0 Å². The predicted molar refractivity (Wildman–Crippen MR) is 99.0 cm³/mol. The fourth-order valence-corrected chi connectivity index (χ4v) is 3.80. The van der Waals surface area contributed by atoms with Crippen molar-refractivity contribution in [3.63, 3.8) is 0 Å². The van der Waals surface area contributed by atoms with Gasteiger partial charge in [-0.3, -0.25) is 0 Å². The van der Waals surface area contributed by atoms with Gasteiger partial charge in [0.1, 0.15) is 12.2 Å². The second kappa shape index (κ2) is 4.91. The number of fused-ring (bicyclic) bond motifs is 6. The molecule has 0 amide bonds. The largest absolute Gasteiger partial charge is 0.386 e. The number of aliphatic hydroxyl groups excluding tert-OH is 2. The average molecular weight is 312 g/mol. The van der Waals surface area contributed by atoms with Gasteiger partial charge in [0.25, 0.3) is 0 Å². The maximum Gasteiger partial charge on any atom is 0.109 e. The van der Waals surface area contributed by atoms with E-state index in [0.717, 1.165) is 21.9 Å². The van der Waals surface area contributed by atoms with Crippen LogP contribution in [0.15, 0.2) is 66.7 Å². The lowest BCUT2D eigenvalue weighted by Crippen LogP contribution is -2.19. The molecule has 0 fully saturated rings. The summed E-state index contributed by atoms with van der Waals surface area (Å²) in [5.41, 5.74) is 1.79. The second-order valence-corrected chi connectivity index (χ2v) is 6.44. The third kappa shape index (κ3) is 1.84. The number of aliphatic hydroxyl groups is 2. The highest BCUT2D eigenvalue weighted by Gasteiger charge is 2.23. The van der Waals surface area contributed by atoms with E-state index in [-0.39, 0.29) is 0 Å². The lowest BCUT2D eigenvalue weighted by Gasteiger charge is -2.23. The quantitative estimate of drug-likeness (QED) is 0.369. The van der Waals surface area contributed by atoms with Crippen LogP contribution in [0, 0.1) is 0 Å². The van der Waals surface area contributed by atoms with E-state index in [4.69, 9.17) is 0 Å². The summed E-state index contributed by atoms with van der Waals surface area (Å²) in [5, 5.41) is 27.3. The molecule has 0 bridgehead atoms. The van der Waals surface area contributed by atoms with Crippen LogP contribution >= 0.6 is 0 Å². The van der Waals surface area contributed by atoms with Crippen molar-refractivity contribution in [3.8, 4) is 0 Å². The van der Waals surface area contributed by atoms with Crippen LogP contribution in [0.3, 0.4) is 0 Å². The summed E-state index contributed by atoms with van der Waals surface area (Å²) < 4.78 is 0. The Labute approximate surface area is 139 Å². The van der Waals surface area contributed by atoms with Gasteiger partial charge in [-0.15, -0.1) is 0 Å². The van der Waals surface area contributed by atoms with Crippen molar-refractivity contribution in [2.45, 2.75) is 12.2 Å². The van der Waals surface area contributed by atoms with Crippen LogP contribution in [0.1, 0.15) is 17.2 Å². The maximum absolute atomic E-state index is 10.2.